The Morgan fingerprint density at radius 3 is 2.70 bits per heavy atom. The van der Waals surface area contributed by atoms with E-state index in [4.69, 9.17) is 0 Å². The number of nitrogens with one attached hydrogen (secondary N) is 1. The molecule has 1 aliphatic rings. The molecule has 6 nitrogen and oxygen atoms in total. The normalized spacial score (nSPS) is 20.6. The van der Waals surface area contributed by atoms with E-state index >= 15 is 0 Å². The molecule has 7 heteroatoms. The Balaban J connectivity index is 1.96. The predicted octanol–water partition coefficient (Wildman–Crippen LogP) is 0.772. The Bertz CT molecular complexity index is 581. The number of pyridine rings is 1. The summed E-state index contributed by atoms with van der Waals surface area (Å²) >= 11 is 0. The molecule has 0 aliphatic carbocycles. The highest BCUT2D eigenvalue weighted by molar-refractivity contribution is 7.92. The molecule has 1 saturated heterocycles. The number of nitrogens with zero attached hydrogens (tertiary/aromatic N) is 2. The van der Waals surface area contributed by atoms with Gasteiger partial charge in [-0.15, -0.1) is 0 Å². The zero-order valence-corrected chi connectivity index (χ0v) is 12.5. The predicted molar refractivity (Wildman–Crippen MR) is 77.6 cm³/mol. The van der Waals surface area contributed by atoms with Crippen LogP contribution in [0.5, 0.6) is 0 Å². The minimum atomic E-state index is -2.94. The van der Waals surface area contributed by atoms with E-state index in [0.717, 1.165) is 6.42 Å². The van der Waals surface area contributed by atoms with Gasteiger partial charge in [-0.3, -0.25) is 4.79 Å². The van der Waals surface area contributed by atoms with E-state index in [9.17, 15) is 13.2 Å². The van der Waals surface area contributed by atoms with Gasteiger partial charge in [0, 0.05) is 26.8 Å². The van der Waals surface area contributed by atoms with Gasteiger partial charge in [-0.1, -0.05) is 0 Å². The third kappa shape index (κ3) is 3.27. The number of amides is 1. The third-order valence-electron chi connectivity index (χ3n) is 3.39. The standard InChI is InChI=1S/C13H19N3O3S/c1-16(2)13(17)10-5-6-12(14-8-10)15-9-11-4-3-7-20(11,18)19/h5-6,8,11H,3-4,7,9H2,1-2H3,(H,14,15). The monoisotopic (exact) mass is 297 g/mol. The molecule has 0 saturated carbocycles. The van der Waals surface area contributed by atoms with Crippen LogP contribution in [0.15, 0.2) is 18.3 Å². The second kappa shape index (κ2) is 5.78. The number of carbonyl (C=O) groups is 1. The number of hydrogen-bond acceptors (Lipinski definition) is 5. The van der Waals surface area contributed by atoms with Crippen LogP contribution in [0.2, 0.25) is 0 Å². The quantitative estimate of drug-likeness (QED) is 0.888. The van der Waals surface area contributed by atoms with E-state index in [1.54, 1.807) is 26.2 Å². The first kappa shape index (κ1) is 14.8. The van der Waals surface area contributed by atoms with Crippen LogP contribution in [0.25, 0.3) is 0 Å². The van der Waals surface area contributed by atoms with Crippen molar-refractivity contribution in [2.75, 3.05) is 31.7 Å². The largest absolute Gasteiger partial charge is 0.369 e. The number of rotatable bonds is 4. The Hall–Kier alpha value is -1.63. The number of anilines is 1. The fraction of sp³-hybridized carbons (Fsp3) is 0.538. The maximum Gasteiger partial charge on any atom is 0.254 e. The molecule has 0 aromatic carbocycles. The molecule has 0 bridgehead atoms. The van der Waals surface area contributed by atoms with Crippen molar-refractivity contribution >= 4 is 21.6 Å². The van der Waals surface area contributed by atoms with E-state index < -0.39 is 9.84 Å². The molecule has 0 radical (unpaired) electrons. The molecule has 1 N–H and O–H groups in total. The van der Waals surface area contributed by atoms with Crippen molar-refractivity contribution < 1.29 is 13.2 Å². The van der Waals surface area contributed by atoms with Crippen molar-refractivity contribution in [3.8, 4) is 0 Å². The zero-order valence-electron chi connectivity index (χ0n) is 11.7. The molecule has 1 aromatic rings. The Labute approximate surface area is 119 Å². The minimum absolute atomic E-state index is 0.109. The molecule has 1 unspecified atom stereocenters. The summed E-state index contributed by atoms with van der Waals surface area (Å²) in [6.45, 7) is 0.371. The van der Waals surface area contributed by atoms with Gasteiger partial charge >= 0.3 is 0 Å². The maximum atomic E-state index is 11.7. The highest BCUT2D eigenvalue weighted by Crippen LogP contribution is 2.20. The molecular weight excluding hydrogens is 278 g/mol. The van der Waals surface area contributed by atoms with Crippen LogP contribution in [0.3, 0.4) is 0 Å². The molecule has 1 atom stereocenters. The summed E-state index contributed by atoms with van der Waals surface area (Å²) in [4.78, 5) is 17.3. The molecule has 1 aliphatic heterocycles. The highest BCUT2D eigenvalue weighted by Gasteiger charge is 2.30. The molecule has 1 aromatic heterocycles. The smallest absolute Gasteiger partial charge is 0.254 e. The lowest BCUT2D eigenvalue weighted by Crippen LogP contribution is -2.25. The summed E-state index contributed by atoms with van der Waals surface area (Å²) in [5.41, 5.74) is 0.508. The van der Waals surface area contributed by atoms with Gasteiger partial charge in [0.25, 0.3) is 5.91 Å². The lowest BCUT2D eigenvalue weighted by atomic mass is 10.2. The fourth-order valence-corrected chi connectivity index (χ4v) is 3.95. The highest BCUT2D eigenvalue weighted by atomic mass is 32.2. The second-order valence-electron chi connectivity index (χ2n) is 5.14. The first-order chi connectivity index (χ1) is 9.40. The molecule has 0 spiro atoms. The van der Waals surface area contributed by atoms with Crippen LogP contribution in [0.4, 0.5) is 5.82 Å². The van der Waals surface area contributed by atoms with Gasteiger partial charge < -0.3 is 10.2 Å². The van der Waals surface area contributed by atoms with Gasteiger partial charge in [0.15, 0.2) is 9.84 Å². The van der Waals surface area contributed by atoms with E-state index in [0.29, 0.717) is 24.3 Å². The van der Waals surface area contributed by atoms with Crippen LogP contribution >= 0.6 is 0 Å². The van der Waals surface area contributed by atoms with Gasteiger partial charge in [0.2, 0.25) is 0 Å². The number of hydrogen-bond donors (Lipinski definition) is 1. The lowest BCUT2D eigenvalue weighted by Gasteiger charge is -2.12. The van der Waals surface area contributed by atoms with Gasteiger partial charge in [-0.05, 0) is 25.0 Å². The number of sulfone groups is 1. The Kier molecular flexibility index (Phi) is 4.27. The van der Waals surface area contributed by atoms with Gasteiger partial charge in [0.05, 0.1) is 16.6 Å². The fourth-order valence-electron chi connectivity index (χ4n) is 2.19. The van der Waals surface area contributed by atoms with E-state index in [1.807, 2.05) is 0 Å². The first-order valence-electron chi connectivity index (χ1n) is 6.53. The lowest BCUT2D eigenvalue weighted by molar-refractivity contribution is 0.0827. The molecule has 1 fully saturated rings. The summed E-state index contributed by atoms with van der Waals surface area (Å²) in [5.74, 6) is 0.757. The minimum Gasteiger partial charge on any atom is -0.369 e. The average molecular weight is 297 g/mol. The van der Waals surface area contributed by atoms with Crippen LogP contribution < -0.4 is 5.32 Å². The number of carbonyl (C=O) groups excluding carboxylic acids is 1. The molecule has 2 rings (SSSR count). The average Bonchev–Trinajstić information content (AvgIpc) is 2.75. The molecule has 1 amide bonds. The molecular formula is C13H19N3O3S. The van der Waals surface area contributed by atoms with Crippen molar-refractivity contribution in [1.82, 2.24) is 9.88 Å². The third-order valence-corrected chi connectivity index (χ3v) is 5.67. The Morgan fingerprint density at radius 1 is 1.45 bits per heavy atom. The van der Waals surface area contributed by atoms with Crippen molar-refractivity contribution in [2.45, 2.75) is 18.1 Å². The van der Waals surface area contributed by atoms with E-state index in [2.05, 4.69) is 10.3 Å². The van der Waals surface area contributed by atoms with E-state index in [1.165, 1.54) is 11.1 Å². The summed E-state index contributed by atoms with van der Waals surface area (Å²) < 4.78 is 23.4. The van der Waals surface area contributed by atoms with E-state index in [-0.39, 0.29) is 16.9 Å². The SMILES string of the molecule is CN(C)C(=O)c1ccc(NCC2CCCS2(=O)=O)nc1. The zero-order chi connectivity index (χ0) is 14.8. The molecule has 2 heterocycles. The molecule has 20 heavy (non-hydrogen) atoms. The van der Waals surface area contributed by atoms with Crippen LogP contribution in [-0.2, 0) is 9.84 Å². The van der Waals surface area contributed by atoms with Crippen LogP contribution in [0.1, 0.15) is 23.2 Å². The Morgan fingerprint density at radius 2 is 2.20 bits per heavy atom. The van der Waals surface area contributed by atoms with Gasteiger partial charge in [0.1, 0.15) is 5.82 Å². The van der Waals surface area contributed by atoms with Crippen molar-refractivity contribution in [3.05, 3.63) is 23.9 Å². The van der Waals surface area contributed by atoms with Crippen LogP contribution in [-0.4, -0.2) is 55.9 Å². The summed E-state index contributed by atoms with van der Waals surface area (Å²) in [6.07, 6.45) is 2.93. The topological polar surface area (TPSA) is 79.4 Å². The summed E-state index contributed by atoms with van der Waals surface area (Å²) in [7, 11) is 0.419. The maximum absolute atomic E-state index is 11.7. The van der Waals surface area contributed by atoms with Crippen molar-refractivity contribution in [1.29, 1.82) is 0 Å². The van der Waals surface area contributed by atoms with Crippen molar-refractivity contribution in [3.63, 3.8) is 0 Å². The summed E-state index contributed by atoms with van der Waals surface area (Å²) in [6, 6.07) is 3.37. The van der Waals surface area contributed by atoms with Gasteiger partial charge in [-0.25, -0.2) is 13.4 Å². The van der Waals surface area contributed by atoms with Gasteiger partial charge in [-0.2, -0.15) is 0 Å². The second-order valence-corrected chi connectivity index (χ2v) is 7.54. The van der Waals surface area contributed by atoms with Crippen LogP contribution in [0, 0.1) is 0 Å². The summed E-state index contributed by atoms with van der Waals surface area (Å²) in [5, 5.41) is 2.70. The molecule has 110 valence electrons. The first-order valence-corrected chi connectivity index (χ1v) is 8.25. The number of aromatic nitrogens is 1. The van der Waals surface area contributed by atoms with Crippen molar-refractivity contribution in [2.24, 2.45) is 0 Å².